The third kappa shape index (κ3) is 4.98. The van der Waals surface area contributed by atoms with Gasteiger partial charge < -0.3 is 14.3 Å². The Morgan fingerprint density at radius 2 is 1.49 bits per heavy atom. The van der Waals surface area contributed by atoms with Gasteiger partial charge in [0.15, 0.2) is 11.4 Å². The molecule has 57 heavy (non-hydrogen) atoms. The topological polar surface area (TPSA) is 83.7 Å². The van der Waals surface area contributed by atoms with Crippen LogP contribution in [-0.4, -0.2) is 31.5 Å². The quantitative estimate of drug-likeness (QED) is 0.189. The van der Waals surface area contributed by atoms with Gasteiger partial charge in [-0.1, -0.05) is 115 Å². The highest BCUT2D eigenvalue weighted by molar-refractivity contribution is 6.11. The van der Waals surface area contributed by atoms with Gasteiger partial charge in [-0.3, -0.25) is 4.98 Å². The Morgan fingerprint density at radius 3 is 2.44 bits per heavy atom. The standard InChI is InChI=1S/C50H34N6O/c1-5-17-34-30(12-1)23-25-36(34)42-44(50-53-38-20-8-10-22-41(38)57-50)43(39-26-24-32-14-3-7-19-37(32)52-39)48(56-29-11-16-33-15-4-9-21-40(33)56)47-46(42)54-49(55-47)45-35-18-6-2-13-31(35)27-28-51-45/h1-10,12-15,17-28,36H,11,16,29H2,(H,54,55). The van der Waals surface area contributed by atoms with E-state index in [1.807, 2.05) is 30.5 Å². The number of benzene rings is 6. The van der Waals surface area contributed by atoms with E-state index in [4.69, 9.17) is 24.4 Å². The van der Waals surface area contributed by atoms with E-state index in [2.05, 4.69) is 137 Å². The van der Waals surface area contributed by atoms with Crippen LogP contribution < -0.4 is 4.90 Å². The Balaban J connectivity index is 1.29. The third-order valence-corrected chi connectivity index (χ3v) is 11.7. The molecule has 6 aromatic carbocycles. The number of hydrogen-bond acceptors (Lipinski definition) is 6. The van der Waals surface area contributed by atoms with Crippen molar-refractivity contribution in [3.8, 4) is 34.2 Å². The Morgan fingerprint density at radius 1 is 0.684 bits per heavy atom. The number of nitrogens with one attached hydrogen (secondary N) is 1. The Hall–Kier alpha value is -7.38. The Bertz CT molecular complexity index is 3230. The van der Waals surface area contributed by atoms with E-state index >= 15 is 0 Å². The highest BCUT2D eigenvalue weighted by atomic mass is 16.3. The molecule has 0 fully saturated rings. The molecule has 0 saturated carbocycles. The number of aromatic nitrogens is 5. The number of hydrogen-bond donors (Lipinski definition) is 1. The largest absolute Gasteiger partial charge is 0.436 e. The fraction of sp³-hybridized carbons (Fsp3) is 0.0800. The number of allylic oxidation sites excluding steroid dienone is 1. The zero-order valence-corrected chi connectivity index (χ0v) is 30.9. The summed E-state index contributed by atoms with van der Waals surface area (Å²) in [5.74, 6) is 1.10. The van der Waals surface area contributed by atoms with Crippen LogP contribution in [0, 0.1) is 0 Å². The minimum Gasteiger partial charge on any atom is -0.436 e. The average molecular weight is 735 g/mol. The van der Waals surface area contributed by atoms with Crippen molar-refractivity contribution in [2.45, 2.75) is 18.8 Å². The zero-order valence-electron chi connectivity index (χ0n) is 30.9. The van der Waals surface area contributed by atoms with Crippen molar-refractivity contribution in [1.82, 2.24) is 24.9 Å². The lowest BCUT2D eigenvalue weighted by Crippen LogP contribution is -2.26. The number of pyridine rings is 2. The minimum atomic E-state index is -0.146. The van der Waals surface area contributed by atoms with E-state index in [-0.39, 0.29) is 5.92 Å². The van der Waals surface area contributed by atoms with Gasteiger partial charge in [0.25, 0.3) is 0 Å². The van der Waals surface area contributed by atoms with E-state index in [0.717, 1.165) is 97.0 Å². The highest BCUT2D eigenvalue weighted by Gasteiger charge is 2.36. The first kappa shape index (κ1) is 31.9. The molecule has 0 spiro atoms. The van der Waals surface area contributed by atoms with Crippen LogP contribution in [0.25, 0.3) is 84.1 Å². The first-order valence-electron chi connectivity index (χ1n) is 19.6. The van der Waals surface area contributed by atoms with E-state index in [9.17, 15) is 0 Å². The second-order valence-electron chi connectivity index (χ2n) is 14.9. The number of rotatable bonds is 5. The number of fused-ring (bicyclic) bond motifs is 6. The maximum Gasteiger partial charge on any atom is 0.228 e. The number of anilines is 2. The van der Waals surface area contributed by atoms with Gasteiger partial charge in [0.2, 0.25) is 5.89 Å². The van der Waals surface area contributed by atoms with Crippen LogP contribution in [0.2, 0.25) is 0 Å². The molecule has 1 aliphatic carbocycles. The monoisotopic (exact) mass is 734 g/mol. The lowest BCUT2D eigenvalue weighted by atomic mass is 9.83. The molecule has 5 heterocycles. The molecule has 270 valence electrons. The Kier molecular flexibility index (Phi) is 7.04. The summed E-state index contributed by atoms with van der Waals surface area (Å²) >= 11 is 0. The highest BCUT2D eigenvalue weighted by Crippen LogP contribution is 2.54. The van der Waals surface area contributed by atoms with Crippen LogP contribution in [0.4, 0.5) is 11.4 Å². The van der Waals surface area contributed by atoms with E-state index < -0.39 is 0 Å². The number of aryl methyl sites for hydroxylation is 1. The van der Waals surface area contributed by atoms with Gasteiger partial charge >= 0.3 is 0 Å². The molecule has 12 rings (SSSR count). The van der Waals surface area contributed by atoms with Crippen LogP contribution in [0.15, 0.2) is 156 Å². The summed E-state index contributed by atoms with van der Waals surface area (Å²) in [6.07, 6.45) is 8.40. The molecule has 7 heteroatoms. The SMILES string of the molecule is C1=CC(c2c(-c3nc4ccccc4o3)c(-c3ccc4ccccc4n3)c(N3CCCc4ccccc43)c3[nH]c(-c4nccc5ccccc45)nc23)c2ccccc21. The summed E-state index contributed by atoms with van der Waals surface area (Å²) in [7, 11) is 0. The molecule has 0 bridgehead atoms. The van der Waals surface area contributed by atoms with E-state index in [1.54, 1.807) is 0 Å². The number of aromatic amines is 1. The zero-order chi connectivity index (χ0) is 37.5. The molecule has 7 nitrogen and oxygen atoms in total. The van der Waals surface area contributed by atoms with Crippen LogP contribution in [0.5, 0.6) is 0 Å². The molecule has 0 amide bonds. The van der Waals surface area contributed by atoms with Gasteiger partial charge in [-0.2, -0.15) is 0 Å². The number of oxazole rings is 1. The second kappa shape index (κ2) is 12.6. The fourth-order valence-electron chi connectivity index (χ4n) is 9.15. The average Bonchev–Trinajstić information content (AvgIpc) is 4.02. The molecule has 2 aliphatic rings. The summed E-state index contributed by atoms with van der Waals surface area (Å²) in [6, 6.07) is 48.5. The maximum atomic E-state index is 6.87. The molecule has 0 radical (unpaired) electrons. The molecule has 1 N–H and O–H groups in total. The summed E-state index contributed by atoms with van der Waals surface area (Å²) < 4.78 is 6.87. The Labute approximate surface area is 328 Å². The lowest BCUT2D eigenvalue weighted by Gasteiger charge is -2.34. The minimum absolute atomic E-state index is 0.146. The molecule has 0 saturated heterocycles. The second-order valence-corrected chi connectivity index (χ2v) is 14.9. The van der Waals surface area contributed by atoms with Crippen LogP contribution in [0.1, 0.15) is 34.6 Å². The molecule has 4 aromatic heterocycles. The van der Waals surface area contributed by atoms with Crippen molar-refractivity contribution in [2.75, 3.05) is 11.4 Å². The lowest BCUT2D eigenvalue weighted by molar-refractivity contribution is 0.619. The summed E-state index contributed by atoms with van der Waals surface area (Å²) in [5.41, 5.74) is 14.6. The van der Waals surface area contributed by atoms with Gasteiger partial charge in [-0.15, -0.1) is 0 Å². The number of H-pyrrole nitrogens is 1. The predicted octanol–water partition coefficient (Wildman–Crippen LogP) is 12.0. The van der Waals surface area contributed by atoms with Gasteiger partial charge in [0.05, 0.1) is 33.5 Å². The van der Waals surface area contributed by atoms with Gasteiger partial charge in [-0.25, -0.2) is 15.0 Å². The summed E-state index contributed by atoms with van der Waals surface area (Å²) in [6.45, 7) is 0.812. The smallest absolute Gasteiger partial charge is 0.228 e. The van der Waals surface area contributed by atoms with Gasteiger partial charge in [0, 0.05) is 46.2 Å². The van der Waals surface area contributed by atoms with E-state index in [1.165, 1.54) is 22.4 Å². The van der Waals surface area contributed by atoms with Crippen molar-refractivity contribution < 1.29 is 4.42 Å². The van der Waals surface area contributed by atoms with E-state index in [0.29, 0.717) is 11.7 Å². The number of nitrogens with zero attached hydrogens (tertiary/aromatic N) is 5. The molecular formula is C50H34N6O. The molecule has 10 aromatic rings. The molecule has 1 unspecified atom stereocenters. The van der Waals surface area contributed by atoms with Crippen molar-refractivity contribution in [1.29, 1.82) is 0 Å². The fourth-order valence-corrected chi connectivity index (χ4v) is 9.15. The normalized spacial score (nSPS) is 14.9. The van der Waals surface area contributed by atoms with Gasteiger partial charge in [0.1, 0.15) is 11.2 Å². The number of para-hydroxylation sites is 4. The van der Waals surface area contributed by atoms with Crippen LogP contribution in [-0.2, 0) is 6.42 Å². The summed E-state index contributed by atoms with van der Waals surface area (Å²) in [4.78, 5) is 27.7. The number of imidazole rings is 1. The molecular weight excluding hydrogens is 701 g/mol. The van der Waals surface area contributed by atoms with Crippen molar-refractivity contribution in [2.24, 2.45) is 0 Å². The van der Waals surface area contributed by atoms with Crippen LogP contribution >= 0.6 is 0 Å². The maximum absolute atomic E-state index is 6.87. The van der Waals surface area contributed by atoms with Crippen molar-refractivity contribution in [3.63, 3.8) is 0 Å². The van der Waals surface area contributed by atoms with Crippen molar-refractivity contribution >= 4 is 61.3 Å². The third-order valence-electron chi connectivity index (χ3n) is 11.7. The first-order valence-corrected chi connectivity index (χ1v) is 19.6. The molecule has 1 aliphatic heterocycles. The van der Waals surface area contributed by atoms with Crippen LogP contribution in [0.3, 0.4) is 0 Å². The summed E-state index contributed by atoms with van der Waals surface area (Å²) in [5, 5.41) is 3.22. The first-order chi connectivity index (χ1) is 28.3. The van der Waals surface area contributed by atoms with Crippen molar-refractivity contribution in [3.05, 3.63) is 174 Å². The predicted molar refractivity (Wildman–Crippen MR) is 230 cm³/mol. The molecule has 1 atom stereocenters. The van der Waals surface area contributed by atoms with Gasteiger partial charge in [-0.05, 0) is 71.3 Å².